The summed E-state index contributed by atoms with van der Waals surface area (Å²) >= 11 is 0. The second-order valence-corrected chi connectivity index (χ2v) is 8.18. The molecule has 0 aliphatic rings. The first-order valence-corrected chi connectivity index (χ1v) is 9.59. The Balaban J connectivity index is 2.35. The zero-order valence-electron chi connectivity index (χ0n) is 16.8. The highest BCUT2D eigenvalue weighted by Crippen LogP contribution is 2.45. The van der Waals surface area contributed by atoms with E-state index in [9.17, 15) is 0 Å². The molecule has 0 atom stereocenters. The third kappa shape index (κ3) is 3.51. The predicted octanol–water partition coefficient (Wildman–Crippen LogP) is 7.13. The second kappa shape index (κ2) is 6.83. The van der Waals surface area contributed by atoms with Crippen LogP contribution in [0.3, 0.4) is 0 Å². The molecule has 138 valence electrons. The van der Waals surface area contributed by atoms with Gasteiger partial charge >= 0.3 is 0 Å². The highest BCUT2D eigenvalue weighted by atomic mass is 16.5. The third-order valence-corrected chi connectivity index (χ3v) is 5.29. The molecule has 0 bridgehead atoms. The summed E-state index contributed by atoms with van der Waals surface area (Å²) in [6, 6.07) is 16.8. The summed E-state index contributed by atoms with van der Waals surface area (Å²) in [5.74, 6) is 1.90. The van der Waals surface area contributed by atoms with Gasteiger partial charge in [0, 0.05) is 21.5 Å². The highest BCUT2D eigenvalue weighted by molar-refractivity contribution is 6.11. The van der Waals surface area contributed by atoms with Crippen LogP contribution in [0.1, 0.15) is 54.4 Å². The largest absolute Gasteiger partial charge is 0.487 e. The fourth-order valence-corrected chi connectivity index (χ4v) is 2.97. The molecule has 3 aromatic carbocycles. The van der Waals surface area contributed by atoms with Gasteiger partial charge in [0.1, 0.15) is 22.7 Å². The van der Waals surface area contributed by atoms with Crippen LogP contribution in [0.5, 0.6) is 11.5 Å². The van der Waals surface area contributed by atoms with Crippen LogP contribution in [0.2, 0.25) is 0 Å². The van der Waals surface area contributed by atoms with Gasteiger partial charge in [-0.1, -0.05) is 62.4 Å². The molecule has 0 spiro atoms. The normalized spacial score (nSPS) is 12.5. The van der Waals surface area contributed by atoms with Crippen LogP contribution in [0.4, 0.5) is 0 Å². The van der Waals surface area contributed by atoms with Gasteiger partial charge in [-0.25, -0.2) is 0 Å². The Morgan fingerprint density at radius 3 is 1.08 bits per heavy atom. The zero-order chi connectivity index (χ0) is 18.9. The second-order valence-electron chi connectivity index (χ2n) is 8.18. The van der Waals surface area contributed by atoms with Crippen molar-refractivity contribution in [2.45, 2.75) is 65.6 Å². The molecule has 0 radical (unpaired) electrons. The van der Waals surface area contributed by atoms with Crippen molar-refractivity contribution in [1.29, 1.82) is 0 Å². The maximum atomic E-state index is 6.53. The molecule has 0 heterocycles. The minimum Gasteiger partial charge on any atom is -0.487 e. The molecule has 0 amide bonds. The number of hydrogen-bond donors (Lipinski definition) is 0. The lowest BCUT2D eigenvalue weighted by atomic mass is 9.98. The topological polar surface area (TPSA) is 18.5 Å². The van der Waals surface area contributed by atoms with Gasteiger partial charge < -0.3 is 9.47 Å². The number of hydrogen-bond acceptors (Lipinski definition) is 2. The molecule has 0 aliphatic heterocycles. The smallest absolute Gasteiger partial charge is 0.136 e. The summed E-state index contributed by atoms with van der Waals surface area (Å²) in [6.45, 7) is 12.9. The van der Waals surface area contributed by atoms with Crippen molar-refractivity contribution in [3.05, 3.63) is 48.5 Å². The number of rotatable bonds is 6. The molecule has 0 aliphatic carbocycles. The Hall–Kier alpha value is -2.22. The first kappa shape index (κ1) is 18.6. The molecule has 3 rings (SSSR count). The lowest BCUT2D eigenvalue weighted by Crippen LogP contribution is -2.28. The van der Waals surface area contributed by atoms with E-state index in [2.05, 4.69) is 90.1 Å². The van der Waals surface area contributed by atoms with E-state index in [4.69, 9.17) is 9.47 Å². The van der Waals surface area contributed by atoms with Gasteiger partial charge in [0.2, 0.25) is 0 Å². The highest BCUT2D eigenvalue weighted by Gasteiger charge is 2.25. The van der Waals surface area contributed by atoms with Crippen molar-refractivity contribution in [3.63, 3.8) is 0 Å². The van der Waals surface area contributed by atoms with Crippen LogP contribution >= 0.6 is 0 Å². The van der Waals surface area contributed by atoms with E-state index < -0.39 is 0 Å². The van der Waals surface area contributed by atoms with Crippen molar-refractivity contribution in [3.8, 4) is 11.5 Å². The van der Waals surface area contributed by atoms with Gasteiger partial charge in [-0.15, -0.1) is 0 Å². The van der Waals surface area contributed by atoms with Crippen molar-refractivity contribution in [2.75, 3.05) is 0 Å². The summed E-state index contributed by atoms with van der Waals surface area (Å²) in [6.07, 6.45) is 1.88. The number of fused-ring (bicyclic) bond motifs is 2. The van der Waals surface area contributed by atoms with Gasteiger partial charge in [-0.05, 0) is 40.5 Å². The summed E-state index contributed by atoms with van der Waals surface area (Å²) in [7, 11) is 0. The molecule has 0 aromatic heterocycles. The SMILES string of the molecule is CCC(C)(C)Oc1c2ccccc2c(OC(C)(C)CC)c2ccccc12. The van der Waals surface area contributed by atoms with Gasteiger partial charge in [0.05, 0.1) is 0 Å². The molecule has 0 unspecified atom stereocenters. The molecule has 0 saturated heterocycles. The third-order valence-electron chi connectivity index (χ3n) is 5.29. The summed E-state index contributed by atoms with van der Waals surface area (Å²) in [5.41, 5.74) is -0.451. The van der Waals surface area contributed by atoms with E-state index in [-0.39, 0.29) is 11.2 Å². The summed E-state index contributed by atoms with van der Waals surface area (Å²) in [4.78, 5) is 0. The van der Waals surface area contributed by atoms with Crippen LogP contribution in [0.15, 0.2) is 48.5 Å². The average molecular weight is 351 g/mol. The first-order valence-electron chi connectivity index (χ1n) is 9.59. The molecule has 2 nitrogen and oxygen atoms in total. The lowest BCUT2D eigenvalue weighted by molar-refractivity contribution is 0.106. The molecular weight excluding hydrogens is 320 g/mol. The zero-order valence-corrected chi connectivity index (χ0v) is 16.8. The molecule has 0 saturated carbocycles. The van der Waals surface area contributed by atoms with E-state index in [1.807, 2.05) is 0 Å². The van der Waals surface area contributed by atoms with Crippen molar-refractivity contribution in [2.24, 2.45) is 0 Å². The molecule has 26 heavy (non-hydrogen) atoms. The summed E-state index contributed by atoms with van der Waals surface area (Å²) < 4.78 is 13.1. The number of ether oxygens (including phenoxy) is 2. The molecule has 0 fully saturated rings. The van der Waals surface area contributed by atoms with Crippen molar-refractivity contribution >= 4 is 21.5 Å². The van der Waals surface area contributed by atoms with Crippen LogP contribution in [-0.4, -0.2) is 11.2 Å². The van der Waals surface area contributed by atoms with Crippen molar-refractivity contribution < 1.29 is 9.47 Å². The molecule has 3 aromatic rings. The lowest BCUT2D eigenvalue weighted by Gasteiger charge is -2.30. The first-order chi connectivity index (χ1) is 12.3. The van der Waals surface area contributed by atoms with Gasteiger partial charge in [0.25, 0.3) is 0 Å². The molecular formula is C24H30O2. The Morgan fingerprint density at radius 1 is 0.577 bits per heavy atom. The van der Waals surface area contributed by atoms with E-state index in [0.717, 1.165) is 45.9 Å². The Bertz CT molecular complexity index is 789. The van der Waals surface area contributed by atoms with E-state index in [1.54, 1.807) is 0 Å². The summed E-state index contributed by atoms with van der Waals surface area (Å²) in [5, 5.41) is 4.42. The van der Waals surface area contributed by atoms with Gasteiger partial charge in [0.15, 0.2) is 0 Å². The quantitative estimate of drug-likeness (QED) is 0.440. The van der Waals surface area contributed by atoms with Crippen molar-refractivity contribution in [1.82, 2.24) is 0 Å². The fraction of sp³-hybridized carbons (Fsp3) is 0.417. The van der Waals surface area contributed by atoms with Gasteiger partial charge in [-0.2, -0.15) is 0 Å². The van der Waals surface area contributed by atoms with Crippen LogP contribution in [0, 0.1) is 0 Å². The van der Waals surface area contributed by atoms with E-state index in [1.165, 1.54) is 0 Å². The van der Waals surface area contributed by atoms with Crippen LogP contribution < -0.4 is 9.47 Å². The fourth-order valence-electron chi connectivity index (χ4n) is 2.97. The monoisotopic (exact) mass is 350 g/mol. The Kier molecular flexibility index (Phi) is 4.88. The maximum absolute atomic E-state index is 6.53. The maximum Gasteiger partial charge on any atom is 0.136 e. The van der Waals surface area contributed by atoms with Gasteiger partial charge in [-0.3, -0.25) is 0 Å². The van der Waals surface area contributed by atoms with Crippen LogP contribution in [0.25, 0.3) is 21.5 Å². The number of benzene rings is 3. The standard InChI is InChI=1S/C24H30O2/c1-7-23(3,4)25-21-17-13-9-11-15-19(17)22(26-24(5,6)8-2)20-16-12-10-14-18(20)21/h9-16H,7-8H2,1-6H3. The average Bonchev–Trinajstić information content (AvgIpc) is 2.64. The molecule has 2 heteroatoms. The van der Waals surface area contributed by atoms with E-state index in [0.29, 0.717) is 0 Å². The molecule has 0 N–H and O–H groups in total. The minimum absolute atomic E-state index is 0.226. The van der Waals surface area contributed by atoms with Crippen LogP contribution in [-0.2, 0) is 0 Å². The Morgan fingerprint density at radius 2 is 0.846 bits per heavy atom. The van der Waals surface area contributed by atoms with E-state index >= 15 is 0 Å². The Labute approximate surface area is 157 Å². The minimum atomic E-state index is -0.226. The predicted molar refractivity (Wildman–Crippen MR) is 111 cm³/mol.